The van der Waals surface area contributed by atoms with E-state index >= 15 is 0 Å². The number of esters is 1. The van der Waals surface area contributed by atoms with E-state index in [1.807, 2.05) is 0 Å². The zero-order chi connectivity index (χ0) is 14.0. The van der Waals surface area contributed by atoms with Gasteiger partial charge in [-0.05, 0) is 19.8 Å². The van der Waals surface area contributed by atoms with Crippen LogP contribution in [-0.2, 0) is 4.74 Å². The molecule has 1 saturated heterocycles. The first-order valence-electron chi connectivity index (χ1n) is 6.20. The van der Waals surface area contributed by atoms with E-state index in [1.54, 1.807) is 6.92 Å². The van der Waals surface area contributed by atoms with Gasteiger partial charge in [0.1, 0.15) is 15.4 Å². The van der Waals surface area contributed by atoms with Gasteiger partial charge in [-0.15, -0.1) is 11.3 Å². The first kappa shape index (κ1) is 13.7. The van der Waals surface area contributed by atoms with Gasteiger partial charge in [0.05, 0.1) is 12.3 Å². The van der Waals surface area contributed by atoms with E-state index in [0.717, 1.165) is 25.9 Å². The lowest BCUT2D eigenvalue weighted by Gasteiger charge is -2.16. The van der Waals surface area contributed by atoms with Gasteiger partial charge in [0, 0.05) is 13.1 Å². The molecule has 4 N–H and O–H groups in total. The van der Waals surface area contributed by atoms with Crippen molar-refractivity contribution in [1.82, 2.24) is 0 Å². The molecule has 0 atom stereocenters. The highest BCUT2D eigenvalue weighted by molar-refractivity contribution is 7.19. The molecule has 6 nitrogen and oxygen atoms in total. The predicted molar refractivity (Wildman–Crippen MR) is 74.7 cm³/mol. The van der Waals surface area contributed by atoms with Crippen LogP contribution in [0.1, 0.15) is 39.8 Å². The van der Waals surface area contributed by atoms with E-state index in [2.05, 4.69) is 4.90 Å². The number of amides is 1. The molecule has 19 heavy (non-hydrogen) atoms. The van der Waals surface area contributed by atoms with Crippen molar-refractivity contribution in [1.29, 1.82) is 0 Å². The van der Waals surface area contributed by atoms with E-state index in [-0.39, 0.29) is 22.7 Å². The molecule has 1 aliphatic heterocycles. The summed E-state index contributed by atoms with van der Waals surface area (Å²) in [4.78, 5) is 25.7. The Morgan fingerprint density at radius 2 is 2.00 bits per heavy atom. The minimum atomic E-state index is -0.613. The van der Waals surface area contributed by atoms with Crippen molar-refractivity contribution < 1.29 is 14.3 Å². The number of ether oxygens (including phenoxy) is 1. The fourth-order valence-electron chi connectivity index (χ4n) is 2.16. The smallest absolute Gasteiger partial charge is 0.343 e. The van der Waals surface area contributed by atoms with Crippen molar-refractivity contribution >= 4 is 33.9 Å². The van der Waals surface area contributed by atoms with Crippen molar-refractivity contribution in [3.05, 3.63) is 10.4 Å². The van der Waals surface area contributed by atoms with Gasteiger partial charge >= 0.3 is 5.97 Å². The minimum Gasteiger partial charge on any atom is -0.462 e. The van der Waals surface area contributed by atoms with Crippen LogP contribution in [0.15, 0.2) is 0 Å². The quantitative estimate of drug-likeness (QED) is 0.809. The van der Waals surface area contributed by atoms with Gasteiger partial charge in [0.15, 0.2) is 0 Å². The summed E-state index contributed by atoms with van der Waals surface area (Å²) in [5, 5.41) is 0.697. The van der Waals surface area contributed by atoms with Gasteiger partial charge in [-0.25, -0.2) is 4.79 Å². The molecular formula is C12H17N3O3S. The van der Waals surface area contributed by atoms with E-state index in [9.17, 15) is 9.59 Å². The number of rotatable bonds is 4. The molecule has 0 unspecified atom stereocenters. The summed E-state index contributed by atoms with van der Waals surface area (Å²) in [6.45, 7) is 3.69. The van der Waals surface area contributed by atoms with Crippen LogP contribution in [0.4, 0.5) is 10.7 Å². The lowest BCUT2D eigenvalue weighted by atomic mass is 10.2. The predicted octanol–water partition coefficient (Wildman–Crippen LogP) is 1.21. The fourth-order valence-corrected chi connectivity index (χ4v) is 3.27. The summed E-state index contributed by atoms with van der Waals surface area (Å²) in [5.74, 6) is -1.11. The highest BCUT2D eigenvalue weighted by atomic mass is 32.1. The number of anilines is 2. The molecule has 0 saturated carbocycles. The van der Waals surface area contributed by atoms with Crippen molar-refractivity contribution in [2.24, 2.45) is 5.73 Å². The Hall–Kier alpha value is -1.76. The zero-order valence-electron chi connectivity index (χ0n) is 10.8. The average molecular weight is 283 g/mol. The summed E-state index contributed by atoms with van der Waals surface area (Å²) in [5.41, 5.74) is 11.6. The molecule has 0 radical (unpaired) electrons. The van der Waals surface area contributed by atoms with Crippen LogP contribution in [0.3, 0.4) is 0 Å². The highest BCUT2D eigenvalue weighted by Gasteiger charge is 2.29. The second-order valence-corrected chi connectivity index (χ2v) is 5.30. The second kappa shape index (κ2) is 5.48. The molecule has 2 heterocycles. The number of nitrogens with two attached hydrogens (primary N) is 2. The van der Waals surface area contributed by atoms with E-state index in [0.29, 0.717) is 5.00 Å². The van der Waals surface area contributed by atoms with E-state index in [1.165, 1.54) is 11.3 Å². The number of carbonyl (C=O) groups is 2. The molecule has 0 spiro atoms. The Bertz CT molecular complexity index is 507. The summed E-state index contributed by atoms with van der Waals surface area (Å²) in [6, 6.07) is 0. The van der Waals surface area contributed by atoms with Crippen LogP contribution >= 0.6 is 11.3 Å². The number of thiophene rings is 1. The van der Waals surface area contributed by atoms with Crippen LogP contribution in [0.2, 0.25) is 0 Å². The molecule has 1 fully saturated rings. The fraction of sp³-hybridized carbons (Fsp3) is 0.500. The summed E-state index contributed by atoms with van der Waals surface area (Å²) in [6.07, 6.45) is 2.12. The Labute approximate surface area is 115 Å². The first-order valence-corrected chi connectivity index (χ1v) is 7.02. The van der Waals surface area contributed by atoms with Crippen molar-refractivity contribution in [3.63, 3.8) is 0 Å². The van der Waals surface area contributed by atoms with Crippen LogP contribution in [0.25, 0.3) is 0 Å². The average Bonchev–Trinajstić information content (AvgIpc) is 2.95. The molecule has 2 rings (SSSR count). The van der Waals surface area contributed by atoms with Crippen LogP contribution in [-0.4, -0.2) is 31.6 Å². The van der Waals surface area contributed by atoms with Crippen molar-refractivity contribution in [3.8, 4) is 0 Å². The van der Waals surface area contributed by atoms with Gasteiger partial charge in [-0.1, -0.05) is 0 Å². The van der Waals surface area contributed by atoms with Crippen molar-refractivity contribution in [2.75, 3.05) is 30.3 Å². The Kier molecular flexibility index (Phi) is 3.94. The molecule has 1 aromatic rings. The molecule has 1 amide bonds. The van der Waals surface area contributed by atoms with Crippen molar-refractivity contribution in [2.45, 2.75) is 19.8 Å². The molecule has 1 aliphatic rings. The molecule has 7 heteroatoms. The topological polar surface area (TPSA) is 98.6 Å². The molecule has 104 valence electrons. The maximum absolute atomic E-state index is 12.0. The molecule has 0 aliphatic carbocycles. The number of nitrogen functional groups attached to an aromatic ring is 1. The zero-order valence-corrected chi connectivity index (χ0v) is 11.6. The SMILES string of the molecule is CCOC(=O)c1c(N2CCCC2)sc(C(N)=O)c1N. The lowest BCUT2D eigenvalue weighted by molar-refractivity contribution is 0.0529. The maximum atomic E-state index is 12.0. The number of carbonyl (C=O) groups excluding carboxylic acids is 2. The third kappa shape index (κ3) is 2.51. The standard InChI is InChI=1S/C12H17N3O3S/c1-2-18-12(17)7-8(13)9(10(14)16)19-11(7)15-5-3-4-6-15/h2-6,13H2,1H3,(H2,14,16). The number of nitrogens with zero attached hydrogens (tertiary/aromatic N) is 1. The third-order valence-corrected chi connectivity index (χ3v) is 4.30. The summed E-state index contributed by atoms with van der Waals surface area (Å²) in [7, 11) is 0. The monoisotopic (exact) mass is 283 g/mol. The molecule has 0 aromatic carbocycles. The maximum Gasteiger partial charge on any atom is 0.343 e. The van der Waals surface area contributed by atoms with Crippen LogP contribution in [0.5, 0.6) is 0 Å². The minimum absolute atomic E-state index is 0.137. The van der Waals surface area contributed by atoms with Crippen LogP contribution < -0.4 is 16.4 Å². The lowest BCUT2D eigenvalue weighted by Crippen LogP contribution is -2.20. The first-order chi connectivity index (χ1) is 9.06. The van der Waals surface area contributed by atoms with Gasteiger partial charge in [-0.2, -0.15) is 0 Å². The van der Waals surface area contributed by atoms with E-state index in [4.69, 9.17) is 16.2 Å². The Morgan fingerprint density at radius 3 is 2.53 bits per heavy atom. The van der Waals surface area contributed by atoms with Crippen LogP contribution in [0, 0.1) is 0 Å². The van der Waals surface area contributed by atoms with Gasteiger partial charge in [0.25, 0.3) is 5.91 Å². The van der Waals surface area contributed by atoms with Gasteiger partial charge < -0.3 is 21.1 Å². The van der Waals surface area contributed by atoms with Gasteiger partial charge in [-0.3, -0.25) is 4.79 Å². The van der Waals surface area contributed by atoms with E-state index < -0.39 is 11.9 Å². The number of hydrogen-bond donors (Lipinski definition) is 2. The molecular weight excluding hydrogens is 266 g/mol. The third-order valence-electron chi connectivity index (χ3n) is 3.02. The normalized spacial score (nSPS) is 14.7. The summed E-state index contributed by atoms with van der Waals surface area (Å²) < 4.78 is 5.01. The Balaban J connectivity index is 2.47. The molecule has 0 bridgehead atoms. The second-order valence-electron chi connectivity index (χ2n) is 4.30. The number of primary amides is 1. The Morgan fingerprint density at radius 1 is 1.37 bits per heavy atom. The molecule has 1 aromatic heterocycles. The highest BCUT2D eigenvalue weighted by Crippen LogP contribution is 2.39. The number of hydrogen-bond acceptors (Lipinski definition) is 6. The summed E-state index contributed by atoms with van der Waals surface area (Å²) >= 11 is 1.17. The van der Waals surface area contributed by atoms with Gasteiger partial charge in [0.2, 0.25) is 0 Å². The largest absolute Gasteiger partial charge is 0.462 e.